The Labute approximate surface area is 115 Å². The molecule has 2 aliphatic heterocycles. The molecule has 3 N–H and O–H groups in total. The second-order valence-electron chi connectivity index (χ2n) is 6.44. The van der Waals surface area contributed by atoms with Gasteiger partial charge in [-0.1, -0.05) is 0 Å². The van der Waals surface area contributed by atoms with Gasteiger partial charge < -0.3 is 15.7 Å². The van der Waals surface area contributed by atoms with Crippen LogP contribution < -0.4 is 10.6 Å². The van der Waals surface area contributed by atoms with Gasteiger partial charge in [0, 0.05) is 13.1 Å². The molecule has 19 heavy (non-hydrogen) atoms. The lowest BCUT2D eigenvalue weighted by atomic mass is 9.93. The minimum Gasteiger partial charge on any atom is -0.387 e. The summed E-state index contributed by atoms with van der Waals surface area (Å²) in [6.45, 7) is 7.79. The molecule has 1 atom stereocenters. The van der Waals surface area contributed by atoms with Crippen molar-refractivity contribution in [2.24, 2.45) is 0 Å². The van der Waals surface area contributed by atoms with Gasteiger partial charge in [-0.15, -0.1) is 0 Å². The highest BCUT2D eigenvalue weighted by Crippen LogP contribution is 2.21. The number of nitrogens with one attached hydrogen (secondary N) is 2. The third-order valence-electron chi connectivity index (χ3n) is 4.48. The van der Waals surface area contributed by atoms with Gasteiger partial charge in [-0.25, -0.2) is 0 Å². The molecular weight excluding hydrogens is 242 g/mol. The van der Waals surface area contributed by atoms with Crippen LogP contribution in [0, 0.1) is 0 Å². The van der Waals surface area contributed by atoms with E-state index < -0.39 is 11.1 Å². The molecule has 1 unspecified atom stereocenters. The molecule has 0 radical (unpaired) electrons. The summed E-state index contributed by atoms with van der Waals surface area (Å²) in [7, 11) is 0. The Balaban J connectivity index is 1.86. The molecule has 2 heterocycles. The van der Waals surface area contributed by atoms with Crippen molar-refractivity contribution in [1.29, 1.82) is 0 Å². The van der Waals surface area contributed by atoms with E-state index in [1.54, 1.807) is 0 Å². The van der Waals surface area contributed by atoms with E-state index in [-0.39, 0.29) is 5.91 Å². The van der Waals surface area contributed by atoms with Crippen LogP contribution in [0.15, 0.2) is 0 Å². The maximum absolute atomic E-state index is 12.4. The lowest BCUT2D eigenvalue weighted by Crippen LogP contribution is -2.58. The quantitative estimate of drug-likeness (QED) is 0.677. The third-order valence-corrected chi connectivity index (χ3v) is 4.48. The fraction of sp³-hybridized carbons (Fsp3) is 0.929. The van der Waals surface area contributed by atoms with Gasteiger partial charge in [0.15, 0.2) is 0 Å². The molecule has 0 aromatic carbocycles. The number of amides is 1. The van der Waals surface area contributed by atoms with Gasteiger partial charge in [0.1, 0.15) is 0 Å². The Hall–Kier alpha value is -0.650. The standard InChI is InChI=1S/C14H27N3O2/c1-13(2,17-8-3-4-9-17)12(18)16-11-14(19)6-5-7-15-10-14/h15,19H,3-11H2,1-2H3,(H,16,18). The van der Waals surface area contributed by atoms with Crippen molar-refractivity contribution in [2.45, 2.75) is 50.7 Å². The lowest BCUT2D eigenvalue weighted by Gasteiger charge is -2.37. The normalized spacial score (nSPS) is 29.4. The number of aliphatic hydroxyl groups is 1. The Morgan fingerprint density at radius 2 is 2.05 bits per heavy atom. The van der Waals surface area contributed by atoms with Crippen molar-refractivity contribution in [3.05, 3.63) is 0 Å². The number of β-amino-alcohol motifs (C(OH)–C–C–N with tert-alkyl or cyclic N) is 1. The molecule has 0 aromatic rings. The molecule has 2 saturated heterocycles. The van der Waals surface area contributed by atoms with Gasteiger partial charge >= 0.3 is 0 Å². The second kappa shape index (κ2) is 5.77. The van der Waals surface area contributed by atoms with Crippen LogP contribution in [0.2, 0.25) is 0 Å². The number of likely N-dealkylation sites (tertiary alicyclic amines) is 1. The summed E-state index contributed by atoms with van der Waals surface area (Å²) in [5, 5.41) is 16.5. The molecule has 0 aromatic heterocycles. The number of hydrogen-bond acceptors (Lipinski definition) is 4. The smallest absolute Gasteiger partial charge is 0.240 e. The van der Waals surface area contributed by atoms with Crippen molar-refractivity contribution in [1.82, 2.24) is 15.5 Å². The number of nitrogens with zero attached hydrogens (tertiary/aromatic N) is 1. The SMILES string of the molecule is CC(C)(C(=O)NCC1(O)CCCNC1)N1CCCC1. The summed E-state index contributed by atoms with van der Waals surface area (Å²) in [6, 6.07) is 0. The molecule has 2 fully saturated rings. The zero-order valence-electron chi connectivity index (χ0n) is 12.2. The molecular formula is C14H27N3O2. The van der Waals surface area contributed by atoms with Gasteiger partial charge in [-0.2, -0.15) is 0 Å². The molecule has 2 rings (SSSR count). The topological polar surface area (TPSA) is 64.6 Å². The predicted octanol–water partition coefficient (Wildman–Crippen LogP) is 0.0915. The minimum atomic E-state index is -0.783. The van der Waals surface area contributed by atoms with Gasteiger partial charge in [0.25, 0.3) is 0 Å². The largest absolute Gasteiger partial charge is 0.387 e. The Morgan fingerprint density at radius 3 is 2.63 bits per heavy atom. The van der Waals surface area contributed by atoms with E-state index >= 15 is 0 Å². The van der Waals surface area contributed by atoms with Crippen molar-refractivity contribution in [3.8, 4) is 0 Å². The number of carbonyl (C=O) groups excluding carboxylic acids is 1. The number of piperidine rings is 1. The summed E-state index contributed by atoms with van der Waals surface area (Å²) >= 11 is 0. The maximum Gasteiger partial charge on any atom is 0.240 e. The average molecular weight is 269 g/mol. The molecule has 0 spiro atoms. The number of carbonyl (C=O) groups is 1. The molecule has 0 saturated carbocycles. The summed E-state index contributed by atoms with van der Waals surface area (Å²) in [6.07, 6.45) is 4.06. The summed E-state index contributed by atoms with van der Waals surface area (Å²) < 4.78 is 0. The monoisotopic (exact) mass is 269 g/mol. The van der Waals surface area contributed by atoms with Gasteiger partial charge in [0.05, 0.1) is 11.1 Å². The Kier molecular flexibility index (Phi) is 4.48. The van der Waals surface area contributed by atoms with E-state index in [1.807, 2.05) is 13.8 Å². The van der Waals surface area contributed by atoms with Crippen LogP contribution >= 0.6 is 0 Å². The maximum atomic E-state index is 12.4. The number of rotatable bonds is 4. The molecule has 0 bridgehead atoms. The molecule has 110 valence electrons. The molecule has 5 heteroatoms. The first kappa shape index (κ1) is 14.8. The lowest BCUT2D eigenvalue weighted by molar-refractivity contribution is -0.132. The van der Waals surface area contributed by atoms with Crippen molar-refractivity contribution in [3.63, 3.8) is 0 Å². The molecule has 5 nitrogen and oxygen atoms in total. The zero-order chi connectivity index (χ0) is 13.9. The summed E-state index contributed by atoms with van der Waals surface area (Å²) in [5.74, 6) is 0.0217. The van der Waals surface area contributed by atoms with Gasteiger partial charge in [-0.3, -0.25) is 9.69 Å². The van der Waals surface area contributed by atoms with Crippen molar-refractivity contribution in [2.75, 3.05) is 32.7 Å². The molecule has 2 aliphatic rings. The summed E-state index contributed by atoms with van der Waals surface area (Å²) in [5.41, 5.74) is -1.26. The van der Waals surface area contributed by atoms with Gasteiger partial charge in [-0.05, 0) is 59.2 Å². The van der Waals surface area contributed by atoms with E-state index in [1.165, 1.54) is 12.8 Å². The highest BCUT2D eigenvalue weighted by Gasteiger charge is 2.37. The predicted molar refractivity (Wildman–Crippen MR) is 74.9 cm³/mol. The average Bonchev–Trinajstić information content (AvgIpc) is 2.91. The van der Waals surface area contributed by atoms with Crippen molar-refractivity contribution >= 4 is 5.91 Å². The van der Waals surface area contributed by atoms with Gasteiger partial charge in [0.2, 0.25) is 5.91 Å². The fourth-order valence-corrected chi connectivity index (χ4v) is 2.98. The van der Waals surface area contributed by atoms with Crippen LogP contribution in [0.3, 0.4) is 0 Å². The van der Waals surface area contributed by atoms with E-state index in [2.05, 4.69) is 15.5 Å². The molecule has 0 aliphatic carbocycles. The first-order valence-electron chi connectivity index (χ1n) is 7.41. The van der Waals surface area contributed by atoms with Crippen LogP contribution in [-0.4, -0.2) is 59.8 Å². The summed E-state index contributed by atoms with van der Waals surface area (Å²) in [4.78, 5) is 14.6. The third kappa shape index (κ3) is 3.46. The number of hydrogen-bond donors (Lipinski definition) is 3. The fourth-order valence-electron chi connectivity index (χ4n) is 2.98. The van der Waals surface area contributed by atoms with E-state index in [0.29, 0.717) is 13.1 Å². The zero-order valence-corrected chi connectivity index (χ0v) is 12.2. The second-order valence-corrected chi connectivity index (χ2v) is 6.44. The molecule has 1 amide bonds. The minimum absolute atomic E-state index is 0.0217. The van der Waals surface area contributed by atoms with Crippen LogP contribution in [0.4, 0.5) is 0 Å². The highest BCUT2D eigenvalue weighted by atomic mass is 16.3. The van der Waals surface area contributed by atoms with Crippen LogP contribution in [0.25, 0.3) is 0 Å². The van der Waals surface area contributed by atoms with E-state index in [0.717, 1.165) is 32.5 Å². The Morgan fingerprint density at radius 1 is 1.37 bits per heavy atom. The van der Waals surface area contributed by atoms with E-state index in [4.69, 9.17) is 0 Å². The van der Waals surface area contributed by atoms with E-state index in [9.17, 15) is 9.90 Å². The highest BCUT2D eigenvalue weighted by molar-refractivity contribution is 5.85. The van der Waals surface area contributed by atoms with Crippen LogP contribution in [0.5, 0.6) is 0 Å². The first-order valence-corrected chi connectivity index (χ1v) is 7.41. The first-order chi connectivity index (χ1) is 8.94. The van der Waals surface area contributed by atoms with Crippen molar-refractivity contribution < 1.29 is 9.90 Å². The van der Waals surface area contributed by atoms with Crippen LogP contribution in [0.1, 0.15) is 39.5 Å². The van der Waals surface area contributed by atoms with Crippen LogP contribution in [-0.2, 0) is 4.79 Å². The Bertz CT molecular complexity index is 319.